The van der Waals surface area contributed by atoms with Crippen LogP contribution in [-0.4, -0.2) is 50.3 Å². The van der Waals surface area contributed by atoms with Gasteiger partial charge in [-0.2, -0.15) is 11.8 Å². The number of urea groups is 1. The van der Waals surface area contributed by atoms with Crippen molar-refractivity contribution >= 4 is 35.1 Å². The lowest BCUT2D eigenvalue weighted by molar-refractivity contribution is -0.119. The highest BCUT2D eigenvalue weighted by Crippen LogP contribution is 2.28. The molecular formula is C15H21N3O4S. The molecule has 1 aliphatic heterocycles. The van der Waals surface area contributed by atoms with Crippen LogP contribution in [0.5, 0.6) is 5.75 Å². The fraction of sp³-hybridized carbons (Fsp3) is 0.467. The molecule has 0 spiro atoms. The maximum Gasteiger partial charge on any atom is 0.319 e. The Balaban J connectivity index is 2.00. The molecule has 3 N–H and O–H groups in total. The number of hydrogen-bond donors (Lipinski definition) is 3. The summed E-state index contributed by atoms with van der Waals surface area (Å²) in [7, 11) is 2.96. The number of ether oxygens (including phenoxy) is 2. The summed E-state index contributed by atoms with van der Waals surface area (Å²) in [5, 5.41) is 8.38. The summed E-state index contributed by atoms with van der Waals surface area (Å²) in [6.45, 7) is -0.0549. The van der Waals surface area contributed by atoms with Crippen LogP contribution in [0.3, 0.4) is 0 Å². The zero-order valence-corrected chi connectivity index (χ0v) is 14.0. The summed E-state index contributed by atoms with van der Waals surface area (Å²) in [6, 6.07) is 5.00. The molecule has 0 aromatic heterocycles. The SMILES string of the molecule is COCC(=O)Nc1cc(NC(=O)N[C@H]2CCSC2)ccc1OC. The first kappa shape index (κ1) is 17.4. The molecule has 1 fully saturated rings. The summed E-state index contributed by atoms with van der Waals surface area (Å²) in [4.78, 5) is 23.6. The van der Waals surface area contributed by atoms with Gasteiger partial charge < -0.3 is 25.4 Å². The number of amides is 3. The van der Waals surface area contributed by atoms with Crippen molar-refractivity contribution in [3.63, 3.8) is 0 Å². The Morgan fingerprint density at radius 2 is 2.13 bits per heavy atom. The van der Waals surface area contributed by atoms with Crippen molar-refractivity contribution < 1.29 is 19.1 Å². The molecule has 1 saturated heterocycles. The third kappa shape index (κ3) is 5.33. The van der Waals surface area contributed by atoms with E-state index >= 15 is 0 Å². The highest BCUT2D eigenvalue weighted by Gasteiger charge is 2.17. The summed E-state index contributed by atoms with van der Waals surface area (Å²) in [6.07, 6.45) is 0.985. The molecule has 1 aromatic rings. The van der Waals surface area contributed by atoms with Gasteiger partial charge in [-0.3, -0.25) is 4.79 Å². The highest BCUT2D eigenvalue weighted by atomic mass is 32.2. The van der Waals surface area contributed by atoms with E-state index in [2.05, 4.69) is 16.0 Å². The minimum atomic E-state index is -0.296. The van der Waals surface area contributed by atoms with Crippen LogP contribution in [0, 0.1) is 0 Å². The molecule has 3 amide bonds. The lowest BCUT2D eigenvalue weighted by atomic mass is 10.2. The van der Waals surface area contributed by atoms with Crippen molar-refractivity contribution in [3.05, 3.63) is 18.2 Å². The van der Waals surface area contributed by atoms with E-state index in [9.17, 15) is 9.59 Å². The van der Waals surface area contributed by atoms with Gasteiger partial charge in [-0.05, 0) is 30.4 Å². The number of nitrogens with one attached hydrogen (secondary N) is 3. The molecule has 0 saturated carbocycles. The fourth-order valence-corrected chi connectivity index (χ4v) is 3.35. The Labute approximate surface area is 139 Å². The number of thioether (sulfide) groups is 1. The maximum absolute atomic E-state index is 12.0. The molecule has 1 aliphatic rings. The van der Waals surface area contributed by atoms with Crippen LogP contribution in [0.4, 0.5) is 16.2 Å². The molecule has 8 heteroatoms. The average Bonchev–Trinajstić information content (AvgIpc) is 3.00. The second-order valence-electron chi connectivity index (χ2n) is 5.06. The predicted molar refractivity (Wildman–Crippen MR) is 91.4 cm³/mol. The zero-order chi connectivity index (χ0) is 16.7. The van der Waals surface area contributed by atoms with Crippen molar-refractivity contribution in [2.75, 3.05) is 43.0 Å². The molecular weight excluding hydrogens is 318 g/mol. The highest BCUT2D eigenvalue weighted by molar-refractivity contribution is 7.99. The molecule has 0 radical (unpaired) electrons. The van der Waals surface area contributed by atoms with Crippen molar-refractivity contribution in [2.45, 2.75) is 12.5 Å². The Kier molecular flexibility index (Phi) is 6.54. The fourth-order valence-electron chi connectivity index (χ4n) is 2.20. The maximum atomic E-state index is 12.0. The number of anilines is 2. The van der Waals surface area contributed by atoms with Gasteiger partial charge in [0, 0.05) is 24.6 Å². The first-order chi connectivity index (χ1) is 11.1. The van der Waals surface area contributed by atoms with Crippen molar-refractivity contribution in [3.8, 4) is 5.75 Å². The van der Waals surface area contributed by atoms with Crippen LogP contribution in [-0.2, 0) is 9.53 Å². The molecule has 1 heterocycles. The van der Waals surface area contributed by atoms with E-state index in [1.165, 1.54) is 14.2 Å². The zero-order valence-electron chi connectivity index (χ0n) is 13.2. The minimum Gasteiger partial charge on any atom is -0.495 e. The third-order valence-electron chi connectivity index (χ3n) is 3.27. The van der Waals surface area contributed by atoms with E-state index in [-0.39, 0.29) is 24.6 Å². The minimum absolute atomic E-state index is 0.0549. The van der Waals surface area contributed by atoms with Crippen LogP contribution in [0.25, 0.3) is 0 Å². The lowest BCUT2D eigenvalue weighted by Crippen LogP contribution is -2.37. The van der Waals surface area contributed by atoms with E-state index in [1.807, 2.05) is 11.8 Å². The van der Waals surface area contributed by atoms with Crippen molar-refractivity contribution in [1.29, 1.82) is 0 Å². The van der Waals surface area contributed by atoms with Crippen LogP contribution in [0.2, 0.25) is 0 Å². The van der Waals surface area contributed by atoms with Gasteiger partial charge in [-0.25, -0.2) is 4.79 Å². The lowest BCUT2D eigenvalue weighted by Gasteiger charge is -2.15. The van der Waals surface area contributed by atoms with Gasteiger partial charge in [-0.15, -0.1) is 0 Å². The summed E-state index contributed by atoms with van der Waals surface area (Å²) in [5.41, 5.74) is 1.05. The van der Waals surface area contributed by atoms with Gasteiger partial charge in [0.05, 0.1) is 12.8 Å². The molecule has 0 unspecified atom stereocenters. The number of rotatable bonds is 6. The molecule has 126 valence electrons. The number of carbonyl (C=O) groups is 2. The number of benzene rings is 1. The van der Waals surface area contributed by atoms with E-state index in [0.29, 0.717) is 17.1 Å². The Morgan fingerprint density at radius 1 is 1.30 bits per heavy atom. The van der Waals surface area contributed by atoms with E-state index in [1.54, 1.807) is 18.2 Å². The quantitative estimate of drug-likeness (QED) is 0.737. The number of hydrogen-bond acceptors (Lipinski definition) is 5. The van der Waals surface area contributed by atoms with Gasteiger partial charge in [0.25, 0.3) is 0 Å². The van der Waals surface area contributed by atoms with Crippen molar-refractivity contribution in [2.24, 2.45) is 0 Å². The van der Waals surface area contributed by atoms with E-state index in [0.717, 1.165) is 17.9 Å². The van der Waals surface area contributed by atoms with Gasteiger partial charge in [0.1, 0.15) is 12.4 Å². The van der Waals surface area contributed by atoms with Gasteiger partial charge in [0.2, 0.25) is 5.91 Å². The van der Waals surface area contributed by atoms with Crippen LogP contribution in [0.15, 0.2) is 18.2 Å². The number of carbonyl (C=O) groups excluding carboxylic acids is 2. The predicted octanol–water partition coefficient (Wildman–Crippen LogP) is 1.91. The van der Waals surface area contributed by atoms with Gasteiger partial charge in [0.15, 0.2) is 0 Å². The monoisotopic (exact) mass is 339 g/mol. The van der Waals surface area contributed by atoms with E-state index < -0.39 is 0 Å². The standard InChI is InChI=1S/C15H21N3O4S/c1-21-8-14(19)18-12-7-10(3-4-13(12)22-2)16-15(20)17-11-5-6-23-9-11/h3-4,7,11H,5-6,8-9H2,1-2H3,(H,18,19)(H2,16,17,20)/t11-/m0/s1. The first-order valence-electron chi connectivity index (χ1n) is 7.24. The molecule has 1 atom stereocenters. The van der Waals surface area contributed by atoms with E-state index in [4.69, 9.17) is 9.47 Å². The largest absolute Gasteiger partial charge is 0.495 e. The smallest absolute Gasteiger partial charge is 0.319 e. The summed E-state index contributed by atoms with van der Waals surface area (Å²) < 4.78 is 9.99. The Bertz CT molecular complexity index is 562. The molecule has 7 nitrogen and oxygen atoms in total. The topological polar surface area (TPSA) is 88.7 Å². The Morgan fingerprint density at radius 3 is 2.78 bits per heavy atom. The van der Waals surface area contributed by atoms with Gasteiger partial charge in [-0.1, -0.05) is 0 Å². The molecule has 23 heavy (non-hydrogen) atoms. The van der Waals surface area contributed by atoms with Crippen LogP contribution >= 0.6 is 11.8 Å². The second-order valence-corrected chi connectivity index (χ2v) is 6.21. The molecule has 0 bridgehead atoms. The number of methoxy groups -OCH3 is 2. The van der Waals surface area contributed by atoms with Crippen molar-refractivity contribution in [1.82, 2.24) is 5.32 Å². The summed E-state index contributed by atoms with van der Waals surface area (Å²) in [5.74, 6) is 2.22. The third-order valence-corrected chi connectivity index (χ3v) is 4.43. The summed E-state index contributed by atoms with van der Waals surface area (Å²) >= 11 is 1.83. The molecule has 2 rings (SSSR count). The second kappa shape index (κ2) is 8.64. The first-order valence-corrected chi connectivity index (χ1v) is 8.40. The average molecular weight is 339 g/mol. The van der Waals surface area contributed by atoms with Crippen LogP contribution in [0.1, 0.15) is 6.42 Å². The molecule has 1 aromatic carbocycles. The molecule has 0 aliphatic carbocycles. The normalized spacial score (nSPS) is 16.7. The van der Waals surface area contributed by atoms with Gasteiger partial charge >= 0.3 is 6.03 Å². The van der Waals surface area contributed by atoms with Crippen LogP contribution < -0.4 is 20.7 Å². The Hall–Kier alpha value is -1.93.